The van der Waals surface area contributed by atoms with Crippen LogP contribution in [0.4, 0.5) is 0 Å². The summed E-state index contributed by atoms with van der Waals surface area (Å²) < 4.78 is 5.12. The molecule has 2 N–H and O–H groups in total. The summed E-state index contributed by atoms with van der Waals surface area (Å²) >= 11 is 0. The number of amides is 1. The molecule has 1 saturated heterocycles. The Morgan fingerprint density at radius 2 is 2.22 bits per heavy atom. The molecule has 0 aromatic carbocycles. The Morgan fingerprint density at radius 1 is 1.50 bits per heavy atom. The number of aliphatic carboxylic acids is 1. The number of ether oxygens (including phenoxy) is 1. The first-order chi connectivity index (χ1) is 8.50. The predicted molar refractivity (Wildman–Crippen MR) is 58.9 cm³/mol. The highest BCUT2D eigenvalue weighted by molar-refractivity contribution is 5.91. The van der Waals surface area contributed by atoms with E-state index in [0.29, 0.717) is 5.82 Å². The number of aromatic amines is 1. The summed E-state index contributed by atoms with van der Waals surface area (Å²) in [6.07, 6.45) is 0. The summed E-state index contributed by atoms with van der Waals surface area (Å²) in [5.41, 5.74) is 0. The molecule has 1 amide bonds. The average molecular weight is 254 g/mol. The van der Waals surface area contributed by atoms with Gasteiger partial charge in [-0.2, -0.15) is 0 Å². The Bertz CT molecular complexity index is 472. The minimum absolute atomic E-state index is 0.0334. The van der Waals surface area contributed by atoms with Gasteiger partial charge < -0.3 is 14.7 Å². The molecule has 8 nitrogen and oxygen atoms in total. The highest BCUT2D eigenvalue weighted by Crippen LogP contribution is 2.20. The number of carbonyl (C=O) groups excluding carboxylic acids is 1. The lowest BCUT2D eigenvalue weighted by molar-refractivity contribution is -0.142. The van der Waals surface area contributed by atoms with E-state index >= 15 is 0 Å². The van der Waals surface area contributed by atoms with Gasteiger partial charge in [-0.05, 0) is 6.92 Å². The van der Waals surface area contributed by atoms with Crippen molar-refractivity contribution in [2.45, 2.75) is 13.0 Å². The summed E-state index contributed by atoms with van der Waals surface area (Å²) in [5.74, 6) is -1.53. The third-order valence-corrected chi connectivity index (χ3v) is 2.97. The van der Waals surface area contributed by atoms with E-state index in [9.17, 15) is 9.59 Å². The third kappa shape index (κ3) is 2.19. The molecule has 1 aliphatic heterocycles. The van der Waals surface area contributed by atoms with Crippen LogP contribution in [0.15, 0.2) is 0 Å². The van der Waals surface area contributed by atoms with Gasteiger partial charge in [0.15, 0.2) is 0 Å². The number of rotatable bonds is 3. The van der Waals surface area contributed by atoms with Crippen molar-refractivity contribution < 1.29 is 19.4 Å². The first-order valence-electron chi connectivity index (χ1n) is 5.47. The predicted octanol–water partition coefficient (Wildman–Crippen LogP) is -0.715. The molecule has 2 heterocycles. The van der Waals surface area contributed by atoms with Gasteiger partial charge in [0.2, 0.25) is 5.82 Å². The average Bonchev–Trinajstić information content (AvgIpc) is 2.95. The standard InChI is InChI=1S/C10H14N4O4/c1-5-11-8(13-12-5)9(15)14(2)7-4-18-3-6(7)10(16)17/h6-7H,3-4H2,1-2H3,(H,16,17)(H,11,12,13). The number of likely N-dealkylation sites (N-methyl/N-ethyl adjacent to an activating group) is 1. The summed E-state index contributed by atoms with van der Waals surface area (Å²) in [5, 5.41) is 15.4. The summed E-state index contributed by atoms with van der Waals surface area (Å²) in [4.78, 5) is 28.3. The van der Waals surface area contributed by atoms with E-state index in [2.05, 4.69) is 15.2 Å². The zero-order valence-electron chi connectivity index (χ0n) is 10.1. The van der Waals surface area contributed by atoms with Gasteiger partial charge in [-0.1, -0.05) is 0 Å². The smallest absolute Gasteiger partial charge is 0.311 e. The lowest BCUT2D eigenvalue weighted by Crippen LogP contribution is -2.44. The van der Waals surface area contributed by atoms with Crippen LogP contribution in [-0.2, 0) is 9.53 Å². The number of aryl methyl sites for hydroxylation is 1. The van der Waals surface area contributed by atoms with E-state index in [1.54, 1.807) is 6.92 Å². The van der Waals surface area contributed by atoms with E-state index in [1.807, 2.05) is 0 Å². The maximum absolute atomic E-state index is 12.0. The van der Waals surface area contributed by atoms with Crippen molar-refractivity contribution in [2.75, 3.05) is 20.3 Å². The molecule has 18 heavy (non-hydrogen) atoms. The summed E-state index contributed by atoms with van der Waals surface area (Å²) in [7, 11) is 1.53. The molecule has 1 aromatic rings. The van der Waals surface area contributed by atoms with Crippen molar-refractivity contribution in [1.82, 2.24) is 20.1 Å². The van der Waals surface area contributed by atoms with Gasteiger partial charge >= 0.3 is 5.97 Å². The zero-order valence-corrected chi connectivity index (χ0v) is 10.1. The van der Waals surface area contributed by atoms with Gasteiger partial charge in [0.25, 0.3) is 5.91 Å². The molecule has 2 rings (SSSR count). The van der Waals surface area contributed by atoms with Gasteiger partial charge in [0.05, 0.1) is 19.3 Å². The molecule has 1 fully saturated rings. The molecule has 8 heteroatoms. The first kappa shape index (κ1) is 12.5. The molecule has 0 radical (unpaired) electrons. The lowest BCUT2D eigenvalue weighted by atomic mass is 10.0. The quantitative estimate of drug-likeness (QED) is 0.737. The molecular weight excluding hydrogens is 240 g/mol. The lowest BCUT2D eigenvalue weighted by Gasteiger charge is -2.25. The normalized spacial score (nSPS) is 23.0. The molecule has 1 aromatic heterocycles. The maximum Gasteiger partial charge on any atom is 0.311 e. The van der Waals surface area contributed by atoms with Crippen molar-refractivity contribution in [3.63, 3.8) is 0 Å². The Kier molecular flexibility index (Phi) is 3.28. The molecule has 98 valence electrons. The van der Waals surface area contributed by atoms with Gasteiger partial charge in [0, 0.05) is 7.05 Å². The number of hydrogen-bond acceptors (Lipinski definition) is 5. The Balaban J connectivity index is 2.13. The van der Waals surface area contributed by atoms with Crippen LogP contribution < -0.4 is 0 Å². The zero-order chi connectivity index (χ0) is 13.3. The Labute approximate surface area is 103 Å². The molecule has 0 saturated carbocycles. The van der Waals surface area contributed by atoms with E-state index in [0.717, 1.165) is 0 Å². The van der Waals surface area contributed by atoms with Crippen LogP contribution in [-0.4, -0.2) is 63.4 Å². The number of aromatic nitrogens is 3. The molecular formula is C10H14N4O4. The molecule has 0 spiro atoms. The largest absolute Gasteiger partial charge is 0.481 e. The van der Waals surface area contributed by atoms with Gasteiger partial charge in [-0.15, -0.1) is 5.10 Å². The van der Waals surface area contributed by atoms with E-state index in [4.69, 9.17) is 9.84 Å². The van der Waals surface area contributed by atoms with Crippen LogP contribution in [0.2, 0.25) is 0 Å². The topological polar surface area (TPSA) is 108 Å². The third-order valence-electron chi connectivity index (χ3n) is 2.97. The minimum Gasteiger partial charge on any atom is -0.481 e. The van der Waals surface area contributed by atoms with Crippen LogP contribution in [0, 0.1) is 12.8 Å². The Hall–Kier alpha value is -1.96. The van der Waals surface area contributed by atoms with E-state index in [1.165, 1.54) is 11.9 Å². The van der Waals surface area contributed by atoms with Crippen LogP contribution in [0.5, 0.6) is 0 Å². The summed E-state index contributed by atoms with van der Waals surface area (Å²) in [6.45, 7) is 2.01. The van der Waals surface area contributed by atoms with Crippen LogP contribution in [0.25, 0.3) is 0 Å². The molecule has 1 aliphatic rings. The van der Waals surface area contributed by atoms with Gasteiger partial charge in [0.1, 0.15) is 11.7 Å². The van der Waals surface area contributed by atoms with Crippen molar-refractivity contribution >= 4 is 11.9 Å². The number of carbonyl (C=O) groups is 2. The highest BCUT2D eigenvalue weighted by atomic mass is 16.5. The second-order valence-electron chi connectivity index (χ2n) is 4.21. The molecule has 2 atom stereocenters. The van der Waals surface area contributed by atoms with Gasteiger partial charge in [-0.25, -0.2) is 4.98 Å². The SMILES string of the molecule is Cc1nc(C(=O)N(C)C2COCC2C(=O)O)n[nH]1. The minimum atomic E-state index is -0.969. The fourth-order valence-electron chi connectivity index (χ4n) is 1.91. The summed E-state index contributed by atoms with van der Waals surface area (Å²) in [6, 6.07) is -0.492. The first-order valence-corrected chi connectivity index (χ1v) is 5.47. The monoisotopic (exact) mass is 254 g/mol. The van der Waals surface area contributed by atoms with Gasteiger partial charge in [-0.3, -0.25) is 14.7 Å². The van der Waals surface area contributed by atoms with E-state index < -0.39 is 23.8 Å². The second kappa shape index (κ2) is 4.73. The molecule has 0 aliphatic carbocycles. The number of carboxylic acids is 1. The highest BCUT2D eigenvalue weighted by Gasteiger charge is 2.39. The number of nitrogens with zero attached hydrogens (tertiary/aromatic N) is 3. The number of H-pyrrole nitrogens is 1. The fraction of sp³-hybridized carbons (Fsp3) is 0.600. The van der Waals surface area contributed by atoms with Crippen molar-refractivity contribution in [3.8, 4) is 0 Å². The maximum atomic E-state index is 12.0. The Morgan fingerprint density at radius 3 is 2.78 bits per heavy atom. The van der Waals surface area contributed by atoms with Crippen LogP contribution >= 0.6 is 0 Å². The van der Waals surface area contributed by atoms with E-state index in [-0.39, 0.29) is 19.0 Å². The number of hydrogen-bond donors (Lipinski definition) is 2. The van der Waals surface area contributed by atoms with Crippen molar-refractivity contribution in [2.24, 2.45) is 5.92 Å². The number of nitrogens with one attached hydrogen (secondary N) is 1. The number of carboxylic acid groups (broad SMARTS) is 1. The fourth-order valence-corrected chi connectivity index (χ4v) is 1.91. The van der Waals surface area contributed by atoms with Crippen LogP contribution in [0.3, 0.4) is 0 Å². The molecule has 0 bridgehead atoms. The van der Waals surface area contributed by atoms with Crippen LogP contribution in [0.1, 0.15) is 16.4 Å². The van der Waals surface area contributed by atoms with Crippen molar-refractivity contribution in [1.29, 1.82) is 0 Å². The molecule has 2 unspecified atom stereocenters. The second-order valence-corrected chi connectivity index (χ2v) is 4.21. The van der Waals surface area contributed by atoms with Crippen molar-refractivity contribution in [3.05, 3.63) is 11.6 Å².